The summed E-state index contributed by atoms with van der Waals surface area (Å²) < 4.78 is 9.11. The number of esters is 1. The summed E-state index contributed by atoms with van der Waals surface area (Å²) in [5.74, 6) is -0.376. The minimum atomic E-state index is -0.376. The van der Waals surface area contributed by atoms with Crippen LogP contribution in [0.2, 0.25) is 0 Å². The fourth-order valence-corrected chi connectivity index (χ4v) is 2.61. The van der Waals surface area contributed by atoms with Crippen molar-refractivity contribution >= 4 is 17.0 Å². The maximum atomic E-state index is 12.5. The van der Waals surface area contributed by atoms with Gasteiger partial charge >= 0.3 is 5.97 Å². The molecule has 7 nitrogen and oxygen atoms in total. The van der Waals surface area contributed by atoms with Crippen LogP contribution in [0.4, 0.5) is 0 Å². The van der Waals surface area contributed by atoms with E-state index in [1.165, 1.54) is 0 Å². The summed E-state index contributed by atoms with van der Waals surface area (Å²) in [4.78, 5) is 17.0. The molecule has 0 aliphatic carbocycles. The first-order valence-corrected chi connectivity index (χ1v) is 7.99. The van der Waals surface area contributed by atoms with Crippen LogP contribution in [0.1, 0.15) is 42.9 Å². The second-order valence-electron chi connectivity index (χ2n) is 6.16. The first-order chi connectivity index (χ1) is 11.5. The highest BCUT2D eigenvalue weighted by Gasteiger charge is 2.18. The standard InChI is InChI=1S/C17H21N5O2/c1-11(2)22-16-14(9-19-22)8-15(13(4)20-16)17(23)24-12(3)10-21-7-5-6-18-21/h5-9,11-12H,10H2,1-4H3. The van der Waals surface area contributed by atoms with Crippen molar-refractivity contribution in [2.75, 3.05) is 0 Å². The van der Waals surface area contributed by atoms with Gasteiger partial charge in [-0.15, -0.1) is 0 Å². The molecular weight excluding hydrogens is 306 g/mol. The van der Waals surface area contributed by atoms with Gasteiger partial charge in [-0.2, -0.15) is 10.2 Å². The molecule has 0 spiro atoms. The van der Waals surface area contributed by atoms with E-state index in [1.807, 2.05) is 44.6 Å². The Bertz CT molecular complexity index is 851. The Labute approximate surface area is 140 Å². The Balaban J connectivity index is 1.80. The Hall–Kier alpha value is -2.70. The van der Waals surface area contributed by atoms with E-state index in [0.29, 0.717) is 17.8 Å². The van der Waals surface area contributed by atoms with Crippen LogP contribution >= 0.6 is 0 Å². The van der Waals surface area contributed by atoms with E-state index in [-0.39, 0.29) is 18.1 Å². The predicted octanol–water partition coefficient (Wildman–Crippen LogP) is 2.76. The molecule has 0 aliphatic rings. The highest BCUT2D eigenvalue weighted by molar-refractivity contribution is 5.94. The third kappa shape index (κ3) is 3.15. The molecule has 0 radical (unpaired) electrons. The number of hydrogen-bond acceptors (Lipinski definition) is 5. The quantitative estimate of drug-likeness (QED) is 0.674. The molecule has 0 saturated carbocycles. The number of nitrogens with zero attached hydrogens (tertiary/aromatic N) is 5. The number of carbonyl (C=O) groups is 1. The van der Waals surface area contributed by atoms with Crippen LogP contribution in [0.25, 0.3) is 11.0 Å². The topological polar surface area (TPSA) is 74.8 Å². The van der Waals surface area contributed by atoms with Gasteiger partial charge < -0.3 is 4.74 Å². The minimum Gasteiger partial charge on any atom is -0.457 e. The number of pyridine rings is 1. The first-order valence-electron chi connectivity index (χ1n) is 7.99. The van der Waals surface area contributed by atoms with Crippen molar-refractivity contribution < 1.29 is 9.53 Å². The van der Waals surface area contributed by atoms with E-state index in [0.717, 1.165) is 11.0 Å². The third-order valence-electron chi connectivity index (χ3n) is 3.78. The van der Waals surface area contributed by atoms with Gasteiger partial charge in [0.1, 0.15) is 6.10 Å². The summed E-state index contributed by atoms with van der Waals surface area (Å²) in [7, 11) is 0. The van der Waals surface area contributed by atoms with Gasteiger partial charge in [0.15, 0.2) is 5.65 Å². The molecule has 3 rings (SSSR count). The zero-order valence-corrected chi connectivity index (χ0v) is 14.3. The second kappa shape index (κ2) is 6.43. The van der Waals surface area contributed by atoms with Crippen molar-refractivity contribution in [3.63, 3.8) is 0 Å². The molecule has 3 aromatic rings. The number of rotatable bonds is 5. The molecule has 0 bridgehead atoms. The highest BCUT2D eigenvalue weighted by Crippen LogP contribution is 2.20. The van der Waals surface area contributed by atoms with Crippen molar-refractivity contribution in [1.82, 2.24) is 24.5 Å². The number of ether oxygens (including phenoxy) is 1. The highest BCUT2D eigenvalue weighted by atomic mass is 16.5. The number of hydrogen-bond donors (Lipinski definition) is 0. The van der Waals surface area contributed by atoms with Crippen LogP contribution in [-0.4, -0.2) is 36.6 Å². The summed E-state index contributed by atoms with van der Waals surface area (Å²) >= 11 is 0. The summed E-state index contributed by atoms with van der Waals surface area (Å²) in [5.41, 5.74) is 1.89. The lowest BCUT2D eigenvalue weighted by atomic mass is 10.1. The summed E-state index contributed by atoms with van der Waals surface area (Å²) in [5, 5.41) is 9.29. The van der Waals surface area contributed by atoms with Crippen molar-refractivity contribution in [3.8, 4) is 0 Å². The van der Waals surface area contributed by atoms with Gasteiger partial charge in [0, 0.05) is 23.8 Å². The molecule has 126 valence electrons. The molecule has 3 heterocycles. The first kappa shape index (κ1) is 16.2. The van der Waals surface area contributed by atoms with E-state index < -0.39 is 0 Å². The average molecular weight is 327 g/mol. The van der Waals surface area contributed by atoms with Gasteiger partial charge in [0.25, 0.3) is 0 Å². The lowest BCUT2D eigenvalue weighted by molar-refractivity contribution is 0.0297. The van der Waals surface area contributed by atoms with Crippen molar-refractivity contribution in [2.24, 2.45) is 0 Å². The van der Waals surface area contributed by atoms with E-state index in [2.05, 4.69) is 15.2 Å². The second-order valence-corrected chi connectivity index (χ2v) is 6.16. The smallest absolute Gasteiger partial charge is 0.340 e. The van der Waals surface area contributed by atoms with E-state index in [1.54, 1.807) is 23.1 Å². The number of carbonyl (C=O) groups excluding carboxylic acids is 1. The molecular formula is C17H21N5O2. The largest absolute Gasteiger partial charge is 0.457 e. The maximum Gasteiger partial charge on any atom is 0.340 e. The van der Waals surface area contributed by atoms with Gasteiger partial charge in [0.2, 0.25) is 0 Å². The van der Waals surface area contributed by atoms with Crippen LogP contribution < -0.4 is 0 Å². The molecule has 0 amide bonds. The van der Waals surface area contributed by atoms with Crippen LogP contribution in [0, 0.1) is 6.92 Å². The van der Waals surface area contributed by atoms with E-state index >= 15 is 0 Å². The Morgan fingerprint density at radius 2 is 2.08 bits per heavy atom. The molecule has 24 heavy (non-hydrogen) atoms. The van der Waals surface area contributed by atoms with Crippen molar-refractivity contribution in [1.29, 1.82) is 0 Å². The van der Waals surface area contributed by atoms with Crippen LogP contribution in [0.5, 0.6) is 0 Å². The fourth-order valence-electron chi connectivity index (χ4n) is 2.61. The number of aromatic nitrogens is 5. The molecule has 3 aromatic heterocycles. The van der Waals surface area contributed by atoms with Gasteiger partial charge in [-0.25, -0.2) is 14.5 Å². The molecule has 7 heteroatoms. The Morgan fingerprint density at radius 3 is 2.75 bits per heavy atom. The summed E-state index contributed by atoms with van der Waals surface area (Å²) in [6, 6.07) is 3.84. The van der Waals surface area contributed by atoms with Crippen molar-refractivity contribution in [3.05, 3.63) is 42.0 Å². The van der Waals surface area contributed by atoms with Crippen molar-refractivity contribution in [2.45, 2.75) is 46.4 Å². The van der Waals surface area contributed by atoms with E-state index in [9.17, 15) is 4.79 Å². The van der Waals surface area contributed by atoms with Gasteiger partial charge in [-0.1, -0.05) is 0 Å². The van der Waals surface area contributed by atoms with Gasteiger partial charge in [-0.3, -0.25) is 4.68 Å². The molecule has 1 unspecified atom stereocenters. The SMILES string of the molecule is Cc1nc2c(cnn2C(C)C)cc1C(=O)OC(C)Cn1cccn1. The normalized spacial score (nSPS) is 12.7. The van der Waals surface area contributed by atoms with Crippen LogP contribution in [0.3, 0.4) is 0 Å². The number of aryl methyl sites for hydroxylation is 1. The van der Waals surface area contributed by atoms with Crippen LogP contribution in [0.15, 0.2) is 30.7 Å². The van der Waals surface area contributed by atoms with Gasteiger partial charge in [0.05, 0.1) is 24.0 Å². The van der Waals surface area contributed by atoms with E-state index in [4.69, 9.17) is 4.74 Å². The molecule has 1 atom stereocenters. The summed E-state index contributed by atoms with van der Waals surface area (Å²) in [6.07, 6.45) is 4.98. The number of fused-ring (bicyclic) bond motifs is 1. The molecule has 0 saturated heterocycles. The molecule has 0 fully saturated rings. The Kier molecular flexibility index (Phi) is 4.33. The lowest BCUT2D eigenvalue weighted by Crippen LogP contribution is -2.21. The predicted molar refractivity (Wildman–Crippen MR) is 89.8 cm³/mol. The Morgan fingerprint density at radius 1 is 1.29 bits per heavy atom. The molecule has 0 N–H and O–H groups in total. The maximum absolute atomic E-state index is 12.5. The van der Waals surface area contributed by atoms with Gasteiger partial charge in [-0.05, 0) is 39.8 Å². The zero-order valence-electron chi connectivity index (χ0n) is 14.3. The average Bonchev–Trinajstić information content (AvgIpc) is 3.14. The monoisotopic (exact) mass is 327 g/mol. The molecule has 0 aromatic carbocycles. The van der Waals surface area contributed by atoms with Crippen LogP contribution in [-0.2, 0) is 11.3 Å². The lowest BCUT2D eigenvalue weighted by Gasteiger charge is -2.14. The zero-order chi connectivity index (χ0) is 17.3. The minimum absolute atomic E-state index is 0.210. The summed E-state index contributed by atoms with van der Waals surface area (Å²) in [6.45, 7) is 8.26. The third-order valence-corrected chi connectivity index (χ3v) is 3.78. The molecule has 0 aliphatic heterocycles. The fraction of sp³-hybridized carbons (Fsp3) is 0.412.